The van der Waals surface area contributed by atoms with Crippen molar-refractivity contribution in [3.8, 4) is 5.75 Å². The van der Waals surface area contributed by atoms with Gasteiger partial charge in [0.15, 0.2) is 6.61 Å². The molecule has 126 valence electrons. The Kier molecular flexibility index (Phi) is 6.28. The number of alkyl halides is 2. The zero-order chi connectivity index (χ0) is 16.7. The minimum absolute atomic E-state index is 0.00201. The molecule has 0 spiro atoms. The van der Waals surface area contributed by atoms with Crippen LogP contribution in [-0.4, -0.2) is 44.4 Å². The Labute approximate surface area is 131 Å². The first-order chi connectivity index (χ1) is 11.0. The Balaban J connectivity index is 1.76. The molecule has 1 N–H and O–H groups in total. The van der Waals surface area contributed by atoms with Crippen LogP contribution in [0.4, 0.5) is 8.78 Å². The van der Waals surface area contributed by atoms with E-state index in [0.29, 0.717) is 13.2 Å². The molecule has 1 saturated heterocycles. The summed E-state index contributed by atoms with van der Waals surface area (Å²) < 4.78 is 38.6. The molecule has 1 aromatic carbocycles. The number of rotatable bonds is 7. The van der Waals surface area contributed by atoms with Crippen LogP contribution in [0.15, 0.2) is 24.3 Å². The van der Waals surface area contributed by atoms with Crippen molar-refractivity contribution >= 4 is 11.9 Å². The van der Waals surface area contributed by atoms with E-state index in [1.807, 2.05) is 0 Å². The van der Waals surface area contributed by atoms with Crippen LogP contribution in [0.5, 0.6) is 5.75 Å². The number of hydrogen-bond acceptors (Lipinski definition) is 5. The Bertz CT molecular complexity index is 546. The summed E-state index contributed by atoms with van der Waals surface area (Å²) in [4.78, 5) is 23.4. The summed E-state index contributed by atoms with van der Waals surface area (Å²) in [6.45, 7) is -2.38. The lowest BCUT2D eigenvalue weighted by molar-refractivity contribution is -0.124. The molecule has 0 radical (unpaired) electrons. The van der Waals surface area contributed by atoms with Crippen LogP contribution >= 0.6 is 0 Å². The number of esters is 1. The topological polar surface area (TPSA) is 73.9 Å². The smallest absolute Gasteiger partial charge is 0.387 e. The van der Waals surface area contributed by atoms with Crippen molar-refractivity contribution in [2.75, 3.05) is 19.8 Å². The van der Waals surface area contributed by atoms with E-state index in [-0.39, 0.29) is 17.4 Å². The molecule has 0 saturated carbocycles. The van der Waals surface area contributed by atoms with Gasteiger partial charge >= 0.3 is 12.6 Å². The van der Waals surface area contributed by atoms with Gasteiger partial charge in [-0.3, -0.25) is 4.79 Å². The van der Waals surface area contributed by atoms with Gasteiger partial charge in [0.1, 0.15) is 5.75 Å². The lowest BCUT2D eigenvalue weighted by atomic mass is 10.2. The van der Waals surface area contributed by atoms with E-state index in [9.17, 15) is 18.4 Å². The number of amides is 1. The molecule has 1 aromatic rings. The number of carbonyl (C=O) groups is 2. The first-order valence-electron chi connectivity index (χ1n) is 7.15. The predicted octanol–water partition coefficient (Wildman–Crippen LogP) is 1.74. The summed E-state index contributed by atoms with van der Waals surface area (Å²) in [5, 5.41) is 2.60. The predicted molar refractivity (Wildman–Crippen MR) is 75.3 cm³/mol. The number of ether oxygens (including phenoxy) is 3. The van der Waals surface area contributed by atoms with Gasteiger partial charge in [-0.1, -0.05) is 6.07 Å². The Hall–Kier alpha value is -2.22. The summed E-state index contributed by atoms with van der Waals surface area (Å²) in [6, 6.07) is 5.17. The Morgan fingerprint density at radius 1 is 1.39 bits per heavy atom. The van der Waals surface area contributed by atoms with Crippen LogP contribution in [-0.2, 0) is 14.3 Å². The molecule has 6 nitrogen and oxygen atoms in total. The third kappa shape index (κ3) is 5.82. The van der Waals surface area contributed by atoms with Crippen LogP contribution in [0, 0.1) is 0 Å². The summed E-state index contributed by atoms with van der Waals surface area (Å²) in [5.74, 6) is -1.40. The fourth-order valence-electron chi connectivity index (χ4n) is 2.10. The van der Waals surface area contributed by atoms with Gasteiger partial charge in [0.2, 0.25) is 0 Å². The van der Waals surface area contributed by atoms with E-state index >= 15 is 0 Å². The number of benzene rings is 1. The summed E-state index contributed by atoms with van der Waals surface area (Å²) in [6.07, 6.45) is 1.85. The average molecular weight is 329 g/mol. The quantitative estimate of drug-likeness (QED) is 0.772. The lowest BCUT2D eigenvalue weighted by Gasteiger charge is -2.11. The van der Waals surface area contributed by atoms with Crippen molar-refractivity contribution < 1.29 is 32.6 Å². The standard InChI is InChI=1S/C15H17F2NO5/c16-15(17)23-11-4-1-3-10(7-11)14(20)22-9-13(19)18-8-12-5-2-6-21-12/h1,3-4,7,12,15H,2,5-6,8-9H2,(H,18,19)/t12-/m1/s1. The van der Waals surface area contributed by atoms with Crippen LogP contribution in [0.25, 0.3) is 0 Å². The van der Waals surface area contributed by atoms with Crippen molar-refractivity contribution in [1.29, 1.82) is 0 Å². The molecule has 0 bridgehead atoms. The van der Waals surface area contributed by atoms with Gasteiger partial charge in [-0.25, -0.2) is 4.79 Å². The normalized spacial score (nSPS) is 17.1. The van der Waals surface area contributed by atoms with Gasteiger partial charge in [0.05, 0.1) is 11.7 Å². The zero-order valence-electron chi connectivity index (χ0n) is 12.3. The van der Waals surface area contributed by atoms with Crippen molar-refractivity contribution in [2.45, 2.75) is 25.6 Å². The fourth-order valence-corrected chi connectivity index (χ4v) is 2.10. The first-order valence-corrected chi connectivity index (χ1v) is 7.15. The van der Waals surface area contributed by atoms with Crippen LogP contribution < -0.4 is 10.1 Å². The third-order valence-corrected chi connectivity index (χ3v) is 3.18. The molecular formula is C15H17F2NO5. The number of nitrogens with one attached hydrogen (secondary N) is 1. The highest BCUT2D eigenvalue weighted by molar-refractivity contribution is 5.91. The number of carbonyl (C=O) groups excluding carboxylic acids is 2. The molecule has 0 aromatic heterocycles. The Morgan fingerprint density at radius 2 is 2.22 bits per heavy atom. The molecule has 0 aliphatic carbocycles. The molecule has 1 heterocycles. The van der Waals surface area contributed by atoms with E-state index in [0.717, 1.165) is 18.9 Å². The number of hydrogen-bond donors (Lipinski definition) is 1. The van der Waals surface area contributed by atoms with Gasteiger partial charge in [-0.05, 0) is 31.0 Å². The van der Waals surface area contributed by atoms with E-state index in [1.54, 1.807) is 0 Å². The molecule has 1 aliphatic rings. The molecule has 1 atom stereocenters. The molecule has 1 aliphatic heterocycles. The van der Waals surface area contributed by atoms with Crippen molar-refractivity contribution in [3.05, 3.63) is 29.8 Å². The number of halogens is 2. The molecule has 8 heteroatoms. The highest BCUT2D eigenvalue weighted by Crippen LogP contribution is 2.16. The van der Waals surface area contributed by atoms with Crippen LogP contribution in [0.3, 0.4) is 0 Å². The van der Waals surface area contributed by atoms with Gasteiger partial charge < -0.3 is 19.5 Å². The van der Waals surface area contributed by atoms with E-state index in [1.165, 1.54) is 18.2 Å². The van der Waals surface area contributed by atoms with Crippen LogP contribution in [0.1, 0.15) is 23.2 Å². The van der Waals surface area contributed by atoms with E-state index < -0.39 is 25.1 Å². The second-order valence-electron chi connectivity index (χ2n) is 4.92. The van der Waals surface area contributed by atoms with Crippen molar-refractivity contribution in [3.63, 3.8) is 0 Å². The summed E-state index contributed by atoms with van der Waals surface area (Å²) in [5.41, 5.74) is 0.0232. The SMILES string of the molecule is O=C(COC(=O)c1cccc(OC(F)F)c1)NC[C@H]1CCCO1. The van der Waals surface area contributed by atoms with Crippen LogP contribution in [0.2, 0.25) is 0 Å². The van der Waals surface area contributed by atoms with Crippen molar-refractivity contribution in [2.24, 2.45) is 0 Å². The minimum Gasteiger partial charge on any atom is -0.452 e. The maximum absolute atomic E-state index is 12.1. The summed E-state index contributed by atoms with van der Waals surface area (Å²) in [7, 11) is 0. The van der Waals surface area contributed by atoms with Gasteiger partial charge in [-0.2, -0.15) is 8.78 Å². The van der Waals surface area contributed by atoms with Gasteiger partial charge in [0, 0.05) is 13.2 Å². The maximum atomic E-state index is 12.1. The Morgan fingerprint density at radius 3 is 2.91 bits per heavy atom. The second-order valence-corrected chi connectivity index (χ2v) is 4.92. The first kappa shape index (κ1) is 17.1. The highest BCUT2D eigenvalue weighted by Gasteiger charge is 2.17. The third-order valence-electron chi connectivity index (χ3n) is 3.18. The lowest BCUT2D eigenvalue weighted by Crippen LogP contribution is -2.34. The zero-order valence-corrected chi connectivity index (χ0v) is 12.3. The molecule has 2 rings (SSSR count). The second kappa shape index (κ2) is 8.42. The molecule has 0 unspecified atom stereocenters. The highest BCUT2D eigenvalue weighted by atomic mass is 19.3. The molecule has 1 amide bonds. The van der Waals surface area contributed by atoms with Gasteiger partial charge in [0.25, 0.3) is 5.91 Å². The van der Waals surface area contributed by atoms with Crippen molar-refractivity contribution in [1.82, 2.24) is 5.32 Å². The van der Waals surface area contributed by atoms with Gasteiger partial charge in [-0.15, -0.1) is 0 Å². The summed E-state index contributed by atoms with van der Waals surface area (Å²) >= 11 is 0. The molecular weight excluding hydrogens is 312 g/mol. The minimum atomic E-state index is -2.98. The average Bonchev–Trinajstić information content (AvgIpc) is 3.03. The molecule has 23 heavy (non-hydrogen) atoms. The fraction of sp³-hybridized carbons (Fsp3) is 0.467. The largest absolute Gasteiger partial charge is 0.452 e. The van der Waals surface area contributed by atoms with E-state index in [4.69, 9.17) is 9.47 Å². The maximum Gasteiger partial charge on any atom is 0.387 e. The molecule has 1 fully saturated rings. The van der Waals surface area contributed by atoms with E-state index in [2.05, 4.69) is 10.1 Å². The monoisotopic (exact) mass is 329 g/mol.